The molecule has 0 spiro atoms. The van der Waals surface area contributed by atoms with E-state index in [0.717, 1.165) is 49.2 Å². The Morgan fingerprint density at radius 1 is 1.33 bits per heavy atom. The molecule has 2 aromatic heterocycles. The van der Waals surface area contributed by atoms with Crippen molar-refractivity contribution in [3.8, 4) is 0 Å². The fourth-order valence-electron chi connectivity index (χ4n) is 3.17. The van der Waals surface area contributed by atoms with E-state index in [0.29, 0.717) is 10.6 Å². The molecule has 0 atom stereocenters. The van der Waals surface area contributed by atoms with Gasteiger partial charge in [0, 0.05) is 37.3 Å². The summed E-state index contributed by atoms with van der Waals surface area (Å²) in [4.78, 5) is 20.8. The van der Waals surface area contributed by atoms with Crippen LogP contribution in [0.4, 0.5) is 5.69 Å². The number of carbonyl (C=O) groups is 1. The summed E-state index contributed by atoms with van der Waals surface area (Å²) in [5.41, 5.74) is 9.34. The van der Waals surface area contributed by atoms with Crippen LogP contribution in [-0.4, -0.2) is 42.0 Å². The van der Waals surface area contributed by atoms with Crippen molar-refractivity contribution < 1.29 is 4.79 Å². The van der Waals surface area contributed by atoms with Gasteiger partial charge in [-0.15, -0.1) is 11.3 Å². The Bertz CT molecular complexity index is 718. The highest BCUT2D eigenvalue weighted by atomic mass is 32.1. The third-order valence-corrected chi connectivity index (χ3v) is 5.45. The molecule has 21 heavy (non-hydrogen) atoms. The van der Waals surface area contributed by atoms with E-state index in [1.54, 1.807) is 0 Å². The van der Waals surface area contributed by atoms with Gasteiger partial charge >= 0.3 is 0 Å². The van der Waals surface area contributed by atoms with Crippen molar-refractivity contribution in [1.82, 2.24) is 15.2 Å². The molecular formula is C15H18N4OS. The van der Waals surface area contributed by atoms with Crippen LogP contribution in [0.1, 0.15) is 27.3 Å². The number of carbonyl (C=O) groups excluding carboxylic acids is 1. The van der Waals surface area contributed by atoms with Crippen LogP contribution in [0.15, 0.2) is 6.07 Å². The largest absolute Gasteiger partial charge is 0.397 e. The van der Waals surface area contributed by atoms with Crippen LogP contribution in [0, 0.1) is 0 Å². The summed E-state index contributed by atoms with van der Waals surface area (Å²) in [6.07, 6.45) is 3.30. The minimum absolute atomic E-state index is 0.0529. The van der Waals surface area contributed by atoms with Crippen LogP contribution in [0.25, 0.3) is 10.2 Å². The first kappa shape index (κ1) is 13.0. The van der Waals surface area contributed by atoms with E-state index in [4.69, 9.17) is 10.7 Å². The zero-order valence-corrected chi connectivity index (χ0v) is 12.6. The molecule has 4 rings (SSSR count). The summed E-state index contributed by atoms with van der Waals surface area (Å²) < 4.78 is 0. The number of nitrogen functional groups attached to an aromatic ring is 1. The Morgan fingerprint density at radius 2 is 2.14 bits per heavy atom. The predicted molar refractivity (Wildman–Crippen MR) is 84.8 cm³/mol. The van der Waals surface area contributed by atoms with Crippen LogP contribution in [0.2, 0.25) is 0 Å². The van der Waals surface area contributed by atoms with Gasteiger partial charge in [-0.25, -0.2) is 4.98 Å². The van der Waals surface area contributed by atoms with Crippen molar-refractivity contribution in [3.05, 3.63) is 22.2 Å². The summed E-state index contributed by atoms with van der Waals surface area (Å²) in [5, 5.41) is 4.22. The lowest BCUT2D eigenvalue weighted by Gasteiger charge is -2.27. The third kappa shape index (κ3) is 2.10. The SMILES string of the molecule is Nc1c(C(=O)N2CCNCC2)sc2nc3c(cc12)CCC3. The average Bonchev–Trinajstić information content (AvgIpc) is 3.10. The first-order chi connectivity index (χ1) is 10.2. The second kappa shape index (κ2) is 4.96. The zero-order valence-electron chi connectivity index (χ0n) is 11.8. The smallest absolute Gasteiger partial charge is 0.266 e. The van der Waals surface area contributed by atoms with Crippen LogP contribution in [-0.2, 0) is 12.8 Å². The molecule has 1 amide bonds. The molecule has 0 unspecified atom stereocenters. The zero-order chi connectivity index (χ0) is 14.4. The maximum absolute atomic E-state index is 12.6. The maximum Gasteiger partial charge on any atom is 0.266 e. The van der Waals surface area contributed by atoms with Crippen molar-refractivity contribution >= 4 is 33.1 Å². The summed E-state index contributed by atoms with van der Waals surface area (Å²) >= 11 is 1.44. The van der Waals surface area contributed by atoms with Crippen LogP contribution < -0.4 is 11.1 Å². The van der Waals surface area contributed by atoms with Gasteiger partial charge in [-0.1, -0.05) is 0 Å². The molecule has 0 radical (unpaired) electrons. The number of nitrogens with one attached hydrogen (secondary N) is 1. The standard InChI is InChI=1S/C15H18N4OS/c16-12-10-8-9-2-1-3-11(9)18-14(10)21-13(12)15(20)19-6-4-17-5-7-19/h8,17H,1-7,16H2. The molecular weight excluding hydrogens is 284 g/mol. The van der Waals surface area contributed by atoms with E-state index in [1.807, 2.05) is 4.90 Å². The highest BCUT2D eigenvalue weighted by Crippen LogP contribution is 2.36. The monoisotopic (exact) mass is 302 g/mol. The first-order valence-electron chi connectivity index (χ1n) is 7.45. The summed E-state index contributed by atoms with van der Waals surface area (Å²) in [6, 6.07) is 2.14. The quantitative estimate of drug-likeness (QED) is 0.835. The van der Waals surface area contributed by atoms with Gasteiger partial charge in [-0.05, 0) is 30.9 Å². The van der Waals surface area contributed by atoms with Gasteiger partial charge in [0.2, 0.25) is 0 Å². The number of hydrogen-bond acceptors (Lipinski definition) is 5. The Hall–Kier alpha value is -1.66. The Balaban J connectivity index is 1.75. The minimum atomic E-state index is 0.0529. The highest BCUT2D eigenvalue weighted by molar-refractivity contribution is 7.21. The molecule has 3 N–H and O–H groups in total. The van der Waals surface area contributed by atoms with Crippen molar-refractivity contribution in [2.75, 3.05) is 31.9 Å². The Morgan fingerprint density at radius 3 is 2.95 bits per heavy atom. The molecule has 2 aliphatic rings. The molecule has 3 heterocycles. The van der Waals surface area contributed by atoms with Crippen LogP contribution in [0.5, 0.6) is 0 Å². The number of anilines is 1. The van der Waals surface area contributed by atoms with E-state index >= 15 is 0 Å². The Labute approximate surface area is 127 Å². The highest BCUT2D eigenvalue weighted by Gasteiger charge is 2.25. The molecule has 0 bridgehead atoms. The molecule has 1 aliphatic heterocycles. The number of fused-ring (bicyclic) bond motifs is 2. The first-order valence-corrected chi connectivity index (χ1v) is 8.26. The third-order valence-electron chi connectivity index (χ3n) is 4.35. The van der Waals surface area contributed by atoms with Crippen molar-refractivity contribution in [1.29, 1.82) is 0 Å². The van der Waals surface area contributed by atoms with Gasteiger partial charge in [-0.3, -0.25) is 4.79 Å². The van der Waals surface area contributed by atoms with Gasteiger partial charge in [-0.2, -0.15) is 0 Å². The van der Waals surface area contributed by atoms with E-state index < -0.39 is 0 Å². The number of thiophene rings is 1. The number of nitrogens with zero attached hydrogens (tertiary/aromatic N) is 2. The fourth-order valence-corrected chi connectivity index (χ4v) is 4.23. The number of piperazine rings is 1. The normalized spacial score (nSPS) is 18.2. The van der Waals surface area contributed by atoms with Crippen LogP contribution >= 0.6 is 11.3 Å². The number of hydrogen-bond donors (Lipinski definition) is 2. The molecule has 0 aromatic carbocycles. The van der Waals surface area contributed by atoms with Gasteiger partial charge in [0.1, 0.15) is 9.71 Å². The lowest BCUT2D eigenvalue weighted by Crippen LogP contribution is -2.46. The lowest BCUT2D eigenvalue weighted by molar-refractivity contribution is 0.0741. The second-order valence-corrected chi connectivity index (χ2v) is 6.69. The molecule has 0 saturated carbocycles. The molecule has 5 nitrogen and oxygen atoms in total. The van der Waals surface area contributed by atoms with E-state index in [-0.39, 0.29) is 5.91 Å². The fraction of sp³-hybridized carbons (Fsp3) is 0.467. The van der Waals surface area contributed by atoms with Gasteiger partial charge in [0.25, 0.3) is 5.91 Å². The van der Waals surface area contributed by atoms with E-state index in [9.17, 15) is 4.79 Å². The minimum Gasteiger partial charge on any atom is -0.397 e. The molecule has 1 fully saturated rings. The maximum atomic E-state index is 12.6. The van der Waals surface area contributed by atoms with E-state index in [1.165, 1.54) is 29.0 Å². The summed E-state index contributed by atoms with van der Waals surface area (Å²) in [7, 11) is 0. The van der Waals surface area contributed by atoms with Crippen molar-refractivity contribution in [2.45, 2.75) is 19.3 Å². The van der Waals surface area contributed by atoms with Gasteiger partial charge in [0.15, 0.2) is 0 Å². The predicted octanol–water partition coefficient (Wildman–Crippen LogP) is 1.41. The Kier molecular flexibility index (Phi) is 3.08. The van der Waals surface area contributed by atoms with Gasteiger partial charge in [0.05, 0.1) is 5.69 Å². The van der Waals surface area contributed by atoms with E-state index in [2.05, 4.69) is 11.4 Å². The summed E-state index contributed by atoms with van der Waals surface area (Å²) in [6.45, 7) is 3.19. The number of pyridine rings is 1. The molecule has 1 saturated heterocycles. The number of aryl methyl sites for hydroxylation is 2. The summed E-state index contributed by atoms with van der Waals surface area (Å²) in [5.74, 6) is 0.0529. The number of aromatic nitrogens is 1. The number of amides is 1. The topological polar surface area (TPSA) is 71.2 Å². The molecule has 6 heteroatoms. The average molecular weight is 302 g/mol. The van der Waals surface area contributed by atoms with Crippen LogP contribution in [0.3, 0.4) is 0 Å². The van der Waals surface area contributed by atoms with Crippen molar-refractivity contribution in [3.63, 3.8) is 0 Å². The number of rotatable bonds is 1. The number of nitrogens with two attached hydrogens (primary N) is 1. The van der Waals surface area contributed by atoms with Crippen molar-refractivity contribution in [2.24, 2.45) is 0 Å². The molecule has 110 valence electrons. The lowest BCUT2D eigenvalue weighted by atomic mass is 10.1. The molecule has 2 aromatic rings. The van der Waals surface area contributed by atoms with Gasteiger partial charge < -0.3 is 16.0 Å². The molecule has 1 aliphatic carbocycles. The second-order valence-electron chi connectivity index (χ2n) is 5.69.